The normalized spacial score (nSPS) is 18.5. The van der Waals surface area contributed by atoms with Crippen LogP contribution in [0.3, 0.4) is 0 Å². The number of benzene rings is 1. The lowest BCUT2D eigenvalue weighted by molar-refractivity contribution is -0.120. The van der Waals surface area contributed by atoms with Gasteiger partial charge in [-0.2, -0.15) is 0 Å². The fraction of sp³-hybridized carbons (Fsp3) is 0.632. The Bertz CT molecular complexity index is 557. The highest BCUT2D eigenvalue weighted by atomic mass is 16.5. The van der Waals surface area contributed by atoms with E-state index in [1.807, 2.05) is 12.1 Å². The SMILES string of the molecule is O=C(CCNc1ccccc1N1CCOCC1)NCCN1CCOCC1. The van der Waals surface area contributed by atoms with E-state index in [4.69, 9.17) is 9.47 Å². The third kappa shape index (κ3) is 5.86. The van der Waals surface area contributed by atoms with Crippen molar-refractivity contribution >= 4 is 17.3 Å². The van der Waals surface area contributed by atoms with Crippen LogP contribution >= 0.6 is 0 Å². The molecule has 0 radical (unpaired) electrons. The predicted molar refractivity (Wildman–Crippen MR) is 103 cm³/mol. The Morgan fingerprint density at radius 1 is 0.962 bits per heavy atom. The van der Waals surface area contributed by atoms with E-state index in [-0.39, 0.29) is 5.91 Å². The van der Waals surface area contributed by atoms with Gasteiger partial charge in [-0.3, -0.25) is 9.69 Å². The van der Waals surface area contributed by atoms with Crippen molar-refractivity contribution < 1.29 is 14.3 Å². The zero-order valence-electron chi connectivity index (χ0n) is 15.4. The number of morpholine rings is 2. The molecule has 2 N–H and O–H groups in total. The molecule has 1 aromatic carbocycles. The Morgan fingerprint density at radius 2 is 1.65 bits per heavy atom. The van der Waals surface area contributed by atoms with E-state index in [2.05, 4.69) is 32.6 Å². The van der Waals surface area contributed by atoms with Crippen molar-refractivity contribution in [3.8, 4) is 0 Å². The molecule has 2 heterocycles. The van der Waals surface area contributed by atoms with Gasteiger partial charge < -0.3 is 25.0 Å². The van der Waals surface area contributed by atoms with Gasteiger partial charge in [-0.1, -0.05) is 12.1 Å². The number of anilines is 2. The summed E-state index contributed by atoms with van der Waals surface area (Å²) in [6, 6.07) is 8.26. The van der Waals surface area contributed by atoms with Gasteiger partial charge in [0.1, 0.15) is 0 Å². The second-order valence-electron chi connectivity index (χ2n) is 6.60. The summed E-state index contributed by atoms with van der Waals surface area (Å²) in [6.45, 7) is 9.05. The largest absolute Gasteiger partial charge is 0.383 e. The molecule has 2 saturated heterocycles. The first kappa shape index (κ1) is 18.9. The summed E-state index contributed by atoms with van der Waals surface area (Å²) in [5.41, 5.74) is 2.26. The molecule has 1 aromatic rings. The van der Waals surface area contributed by atoms with Crippen LogP contribution in [0.1, 0.15) is 6.42 Å². The number of rotatable bonds is 8. The van der Waals surface area contributed by atoms with Crippen LogP contribution < -0.4 is 15.5 Å². The van der Waals surface area contributed by atoms with Crippen molar-refractivity contribution in [1.82, 2.24) is 10.2 Å². The molecule has 2 fully saturated rings. The number of hydrogen-bond donors (Lipinski definition) is 2. The maximum atomic E-state index is 12.0. The molecule has 26 heavy (non-hydrogen) atoms. The van der Waals surface area contributed by atoms with Gasteiger partial charge >= 0.3 is 0 Å². The van der Waals surface area contributed by atoms with Gasteiger partial charge in [-0.15, -0.1) is 0 Å². The minimum atomic E-state index is 0.0922. The number of hydrogen-bond acceptors (Lipinski definition) is 6. The topological polar surface area (TPSA) is 66.1 Å². The standard InChI is InChI=1S/C19H30N4O3/c24-19(21-7-8-22-9-13-25-14-10-22)5-6-20-17-3-1-2-4-18(17)23-11-15-26-16-12-23/h1-4,20H,5-16H2,(H,21,24). The lowest BCUT2D eigenvalue weighted by Crippen LogP contribution is -2.41. The molecule has 2 aliphatic heterocycles. The molecular weight excluding hydrogens is 332 g/mol. The average molecular weight is 362 g/mol. The van der Waals surface area contributed by atoms with E-state index in [0.29, 0.717) is 19.5 Å². The zero-order chi connectivity index (χ0) is 18.0. The van der Waals surface area contributed by atoms with Crippen molar-refractivity contribution in [1.29, 1.82) is 0 Å². The third-order valence-electron chi connectivity index (χ3n) is 4.78. The first-order chi connectivity index (χ1) is 12.8. The van der Waals surface area contributed by atoms with Crippen LogP contribution in [0.2, 0.25) is 0 Å². The van der Waals surface area contributed by atoms with Crippen molar-refractivity contribution in [2.45, 2.75) is 6.42 Å². The Labute approximate surface area is 155 Å². The van der Waals surface area contributed by atoms with Gasteiger partial charge in [0, 0.05) is 52.2 Å². The summed E-state index contributed by atoms with van der Waals surface area (Å²) < 4.78 is 10.8. The van der Waals surface area contributed by atoms with Gasteiger partial charge in [-0.25, -0.2) is 0 Å². The summed E-state index contributed by atoms with van der Waals surface area (Å²) in [5.74, 6) is 0.0922. The zero-order valence-corrected chi connectivity index (χ0v) is 15.4. The van der Waals surface area contributed by atoms with Crippen molar-refractivity contribution in [2.24, 2.45) is 0 Å². The summed E-state index contributed by atoms with van der Waals surface area (Å²) in [7, 11) is 0. The first-order valence-electron chi connectivity index (χ1n) is 9.55. The first-order valence-corrected chi connectivity index (χ1v) is 9.55. The number of nitrogens with one attached hydrogen (secondary N) is 2. The highest BCUT2D eigenvalue weighted by Crippen LogP contribution is 2.26. The maximum Gasteiger partial charge on any atom is 0.221 e. The highest BCUT2D eigenvalue weighted by Gasteiger charge is 2.14. The minimum Gasteiger partial charge on any atom is -0.383 e. The smallest absolute Gasteiger partial charge is 0.221 e. The monoisotopic (exact) mass is 362 g/mol. The van der Waals surface area contributed by atoms with Crippen molar-refractivity contribution in [3.05, 3.63) is 24.3 Å². The van der Waals surface area contributed by atoms with Gasteiger partial charge in [0.15, 0.2) is 0 Å². The molecule has 0 aromatic heterocycles. The lowest BCUT2D eigenvalue weighted by Gasteiger charge is -2.30. The third-order valence-corrected chi connectivity index (χ3v) is 4.78. The summed E-state index contributed by atoms with van der Waals surface area (Å²) >= 11 is 0. The fourth-order valence-corrected chi connectivity index (χ4v) is 3.28. The fourth-order valence-electron chi connectivity index (χ4n) is 3.28. The maximum absolute atomic E-state index is 12.0. The molecular formula is C19H30N4O3. The lowest BCUT2D eigenvalue weighted by atomic mass is 10.2. The summed E-state index contributed by atoms with van der Waals surface area (Å²) in [5, 5.41) is 6.42. The van der Waals surface area contributed by atoms with E-state index in [0.717, 1.165) is 64.8 Å². The number of para-hydroxylation sites is 2. The van der Waals surface area contributed by atoms with Crippen LogP contribution in [0.5, 0.6) is 0 Å². The molecule has 144 valence electrons. The van der Waals surface area contributed by atoms with Crippen molar-refractivity contribution in [3.63, 3.8) is 0 Å². The molecule has 0 unspecified atom stereocenters. The number of ether oxygens (including phenoxy) is 2. The van der Waals surface area contributed by atoms with E-state index in [9.17, 15) is 4.79 Å². The van der Waals surface area contributed by atoms with Gasteiger partial charge in [0.25, 0.3) is 0 Å². The molecule has 2 aliphatic rings. The second kappa shape index (κ2) is 10.4. The summed E-state index contributed by atoms with van der Waals surface area (Å²) in [4.78, 5) is 16.7. The molecule has 0 spiro atoms. The number of carbonyl (C=O) groups excluding carboxylic acids is 1. The van der Waals surface area contributed by atoms with E-state index >= 15 is 0 Å². The molecule has 3 rings (SSSR count). The Kier molecular flexibility index (Phi) is 7.54. The Balaban J connectivity index is 1.37. The Hall–Kier alpha value is -1.83. The molecule has 0 atom stereocenters. The molecule has 0 bridgehead atoms. The van der Waals surface area contributed by atoms with Crippen LogP contribution in [-0.4, -0.2) is 83.0 Å². The van der Waals surface area contributed by atoms with Gasteiger partial charge in [0.2, 0.25) is 5.91 Å². The van der Waals surface area contributed by atoms with Crippen LogP contribution in [0.15, 0.2) is 24.3 Å². The van der Waals surface area contributed by atoms with Gasteiger partial charge in [-0.05, 0) is 12.1 Å². The van der Waals surface area contributed by atoms with Crippen LogP contribution in [-0.2, 0) is 14.3 Å². The van der Waals surface area contributed by atoms with Gasteiger partial charge in [0.05, 0.1) is 37.8 Å². The van der Waals surface area contributed by atoms with Crippen molar-refractivity contribution in [2.75, 3.05) is 82.5 Å². The van der Waals surface area contributed by atoms with E-state index < -0.39 is 0 Å². The summed E-state index contributed by atoms with van der Waals surface area (Å²) in [6.07, 6.45) is 0.473. The average Bonchev–Trinajstić information content (AvgIpc) is 2.70. The van der Waals surface area contributed by atoms with Crippen LogP contribution in [0.25, 0.3) is 0 Å². The number of carbonyl (C=O) groups is 1. The number of nitrogens with zero attached hydrogens (tertiary/aromatic N) is 2. The quantitative estimate of drug-likeness (QED) is 0.712. The van der Waals surface area contributed by atoms with E-state index in [1.54, 1.807) is 0 Å². The molecule has 0 aliphatic carbocycles. The molecule has 0 saturated carbocycles. The molecule has 7 heteroatoms. The highest BCUT2D eigenvalue weighted by molar-refractivity contribution is 5.77. The van der Waals surface area contributed by atoms with Crippen LogP contribution in [0.4, 0.5) is 11.4 Å². The Morgan fingerprint density at radius 3 is 2.42 bits per heavy atom. The molecule has 1 amide bonds. The molecule has 7 nitrogen and oxygen atoms in total. The number of amides is 1. The second-order valence-corrected chi connectivity index (χ2v) is 6.60. The predicted octanol–water partition coefficient (Wildman–Crippen LogP) is 0.774. The van der Waals surface area contributed by atoms with E-state index in [1.165, 1.54) is 5.69 Å². The van der Waals surface area contributed by atoms with Crippen LogP contribution in [0, 0.1) is 0 Å². The minimum absolute atomic E-state index is 0.0922.